The van der Waals surface area contributed by atoms with Gasteiger partial charge in [0.15, 0.2) is 5.96 Å². The Balaban J connectivity index is 1.80. The van der Waals surface area contributed by atoms with Crippen LogP contribution in [0.3, 0.4) is 0 Å². The van der Waals surface area contributed by atoms with Crippen LogP contribution in [0.5, 0.6) is 0 Å². The summed E-state index contributed by atoms with van der Waals surface area (Å²) >= 11 is 0. The minimum atomic E-state index is -0.0645. The summed E-state index contributed by atoms with van der Waals surface area (Å²) in [5.74, 6) is 0.813. The number of nitrogens with zero attached hydrogens (tertiary/aromatic N) is 2. The standard InChI is InChI=1S/C17H28N4O/c1-17(10-5-11-22-17)13-20-16(18-2)19-12-14-6-8-15(9-7-14)21(3)4/h6-9H,5,10-13H2,1-4H3,(H2,18,19,20). The third-order valence-corrected chi connectivity index (χ3v) is 4.07. The first-order valence-electron chi connectivity index (χ1n) is 7.87. The lowest BCUT2D eigenvalue weighted by molar-refractivity contribution is 0.0243. The van der Waals surface area contributed by atoms with Gasteiger partial charge in [-0.2, -0.15) is 0 Å². The van der Waals surface area contributed by atoms with Crippen molar-refractivity contribution in [2.45, 2.75) is 31.9 Å². The Labute approximate surface area is 133 Å². The molecule has 0 saturated carbocycles. The SMILES string of the molecule is CN=C(NCc1ccc(N(C)C)cc1)NCC1(C)CCCO1. The minimum absolute atomic E-state index is 0.0645. The number of guanidine groups is 1. The average Bonchev–Trinajstić information content (AvgIpc) is 2.95. The molecular weight excluding hydrogens is 276 g/mol. The summed E-state index contributed by atoms with van der Waals surface area (Å²) in [4.78, 5) is 6.37. The zero-order valence-corrected chi connectivity index (χ0v) is 14.1. The van der Waals surface area contributed by atoms with E-state index >= 15 is 0 Å². The molecule has 2 N–H and O–H groups in total. The summed E-state index contributed by atoms with van der Waals surface area (Å²) < 4.78 is 5.78. The summed E-state index contributed by atoms with van der Waals surface area (Å²) in [6, 6.07) is 8.52. The van der Waals surface area contributed by atoms with Gasteiger partial charge >= 0.3 is 0 Å². The molecule has 1 aliphatic rings. The third kappa shape index (κ3) is 4.63. The van der Waals surface area contributed by atoms with Crippen LogP contribution in [-0.2, 0) is 11.3 Å². The summed E-state index contributed by atoms with van der Waals surface area (Å²) in [7, 11) is 5.89. The van der Waals surface area contributed by atoms with Crippen LogP contribution in [0.4, 0.5) is 5.69 Å². The van der Waals surface area contributed by atoms with Gasteiger partial charge in [0.2, 0.25) is 0 Å². The molecule has 1 fully saturated rings. The Kier molecular flexibility index (Phi) is 5.66. The molecule has 1 aliphatic heterocycles. The van der Waals surface area contributed by atoms with Crippen LogP contribution in [0.2, 0.25) is 0 Å². The second-order valence-electron chi connectivity index (χ2n) is 6.24. The lowest BCUT2D eigenvalue weighted by atomic mass is 10.0. The van der Waals surface area contributed by atoms with Crippen molar-refractivity contribution in [3.63, 3.8) is 0 Å². The fourth-order valence-electron chi connectivity index (χ4n) is 2.57. The summed E-state index contributed by atoms with van der Waals surface area (Å²) in [6.45, 7) is 4.56. The monoisotopic (exact) mass is 304 g/mol. The van der Waals surface area contributed by atoms with Gasteiger partial charge in [-0.25, -0.2) is 0 Å². The highest BCUT2D eigenvalue weighted by molar-refractivity contribution is 5.79. The van der Waals surface area contributed by atoms with Crippen molar-refractivity contribution in [2.75, 3.05) is 39.2 Å². The first-order chi connectivity index (χ1) is 10.5. The highest BCUT2D eigenvalue weighted by Gasteiger charge is 2.29. The number of hydrogen-bond donors (Lipinski definition) is 2. The van der Waals surface area contributed by atoms with E-state index in [4.69, 9.17) is 4.74 Å². The van der Waals surface area contributed by atoms with E-state index in [9.17, 15) is 0 Å². The van der Waals surface area contributed by atoms with Crippen LogP contribution < -0.4 is 15.5 Å². The fourth-order valence-corrected chi connectivity index (χ4v) is 2.57. The Bertz CT molecular complexity index is 490. The molecule has 1 atom stereocenters. The maximum absolute atomic E-state index is 5.78. The van der Waals surface area contributed by atoms with Crippen molar-refractivity contribution < 1.29 is 4.74 Å². The van der Waals surface area contributed by atoms with Crippen molar-refractivity contribution >= 4 is 11.6 Å². The molecule has 0 amide bonds. The molecule has 122 valence electrons. The quantitative estimate of drug-likeness (QED) is 0.645. The van der Waals surface area contributed by atoms with Gasteiger partial charge in [-0.05, 0) is 37.5 Å². The van der Waals surface area contributed by atoms with Crippen LogP contribution in [0.25, 0.3) is 0 Å². The van der Waals surface area contributed by atoms with Gasteiger partial charge < -0.3 is 20.3 Å². The number of nitrogens with one attached hydrogen (secondary N) is 2. The topological polar surface area (TPSA) is 48.9 Å². The maximum atomic E-state index is 5.78. The van der Waals surface area contributed by atoms with E-state index in [2.05, 4.69) is 51.7 Å². The molecule has 1 saturated heterocycles. The smallest absolute Gasteiger partial charge is 0.191 e. The molecule has 5 nitrogen and oxygen atoms in total. The molecule has 1 aromatic carbocycles. The molecular formula is C17H28N4O. The van der Waals surface area contributed by atoms with Crippen molar-refractivity contribution in [1.29, 1.82) is 0 Å². The summed E-state index contributed by atoms with van der Waals surface area (Å²) in [5, 5.41) is 6.70. The highest BCUT2D eigenvalue weighted by atomic mass is 16.5. The maximum Gasteiger partial charge on any atom is 0.191 e. The number of benzene rings is 1. The number of hydrogen-bond acceptors (Lipinski definition) is 3. The van der Waals surface area contributed by atoms with Gasteiger partial charge in [0.1, 0.15) is 0 Å². The van der Waals surface area contributed by atoms with Crippen LogP contribution in [0, 0.1) is 0 Å². The Hall–Kier alpha value is -1.75. The molecule has 0 bridgehead atoms. The molecule has 2 rings (SSSR count). The molecule has 0 spiro atoms. The van der Waals surface area contributed by atoms with Crippen LogP contribution >= 0.6 is 0 Å². The highest BCUT2D eigenvalue weighted by Crippen LogP contribution is 2.23. The van der Waals surface area contributed by atoms with E-state index in [1.54, 1.807) is 7.05 Å². The lowest BCUT2D eigenvalue weighted by Gasteiger charge is -2.24. The van der Waals surface area contributed by atoms with Crippen molar-refractivity contribution in [3.05, 3.63) is 29.8 Å². The molecule has 1 aromatic rings. The first kappa shape index (κ1) is 16.6. The predicted octanol–water partition coefficient (Wildman–Crippen LogP) is 1.99. The number of rotatable bonds is 5. The van der Waals surface area contributed by atoms with Crippen molar-refractivity contribution in [1.82, 2.24) is 10.6 Å². The third-order valence-electron chi connectivity index (χ3n) is 4.07. The second kappa shape index (κ2) is 7.49. The van der Waals surface area contributed by atoms with E-state index in [0.717, 1.165) is 38.5 Å². The van der Waals surface area contributed by atoms with Gasteiger partial charge in [0.25, 0.3) is 0 Å². The molecule has 5 heteroatoms. The van der Waals surface area contributed by atoms with Gasteiger partial charge in [-0.3, -0.25) is 4.99 Å². The lowest BCUT2D eigenvalue weighted by Crippen LogP contribution is -2.45. The summed E-state index contributed by atoms with van der Waals surface area (Å²) in [5.41, 5.74) is 2.37. The van der Waals surface area contributed by atoms with E-state index in [1.807, 2.05) is 14.1 Å². The number of ether oxygens (including phenoxy) is 1. The second-order valence-corrected chi connectivity index (χ2v) is 6.24. The number of anilines is 1. The Morgan fingerprint density at radius 2 is 2.00 bits per heavy atom. The average molecular weight is 304 g/mol. The fraction of sp³-hybridized carbons (Fsp3) is 0.588. The Morgan fingerprint density at radius 1 is 1.27 bits per heavy atom. The van der Waals surface area contributed by atoms with Gasteiger partial charge in [-0.15, -0.1) is 0 Å². The van der Waals surface area contributed by atoms with E-state index < -0.39 is 0 Å². The van der Waals surface area contributed by atoms with E-state index in [1.165, 1.54) is 11.3 Å². The number of aliphatic imine (C=N–C) groups is 1. The molecule has 22 heavy (non-hydrogen) atoms. The predicted molar refractivity (Wildman–Crippen MR) is 92.6 cm³/mol. The normalized spacial score (nSPS) is 21.7. The van der Waals surface area contributed by atoms with Crippen LogP contribution in [-0.4, -0.2) is 45.9 Å². The van der Waals surface area contributed by atoms with Gasteiger partial charge in [0.05, 0.1) is 5.60 Å². The van der Waals surface area contributed by atoms with E-state index in [0.29, 0.717) is 0 Å². The van der Waals surface area contributed by atoms with Crippen molar-refractivity contribution in [3.8, 4) is 0 Å². The van der Waals surface area contributed by atoms with Crippen molar-refractivity contribution in [2.24, 2.45) is 4.99 Å². The molecule has 1 heterocycles. The van der Waals surface area contributed by atoms with Crippen LogP contribution in [0.15, 0.2) is 29.3 Å². The summed E-state index contributed by atoms with van der Waals surface area (Å²) in [6.07, 6.45) is 2.24. The zero-order chi connectivity index (χ0) is 16.0. The van der Waals surface area contributed by atoms with Crippen LogP contribution in [0.1, 0.15) is 25.3 Å². The molecule has 1 unspecified atom stereocenters. The molecule has 0 aromatic heterocycles. The largest absolute Gasteiger partial charge is 0.378 e. The first-order valence-corrected chi connectivity index (χ1v) is 7.87. The zero-order valence-electron chi connectivity index (χ0n) is 14.1. The van der Waals surface area contributed by atoms with Gasteiger partial charge in [-0.1, -0.05) is 12.1 Å². The van der Waals surface area contributed by atoms with Gasteiger partial charge in [0, 0.05) is 46.5 Å². The minimum Gasteiger partial charge on any atom is -0.378 e. The molecule has 0 radical (unpaired) electrons. The molecule has 0 aliphatic carbocycles. The Morgan fingerprint density at radius 3 is 2.55 bits per heavy atom. The van der Waals surface area contributed by atoms with E-state index in [-0.39, 0.29) is 5.60 Å².